The molecule has 0 bridgehead atoms. The van der Waals surface area contributed by atoms with Gasteiger partial charge < -0.3 is 25.4 Å². The summed E-state index contributed by atoms with van der Waals surface area (Å²) in [5.41, 5.74) is 2.51. The number of hydrogen-bond donors (Lipinski definition) is 3. The molecular weight excluding hydrogens is 450 g/mol. The number of hydrogen-bond acceptors (Lipinski definition) is 6. The molecule has 9 heteroatoms. The van der Waals surface area contributed by atoms with Crippen molar-refractivity contribution in [3.63, 3.8) is 0 Å². The lowest BCUT2D eigenvalue weighted by molar-refractivity contribution is -0.114. The van der Waals surface area contributed by atoms with Crippen molar-refractivity contribution >= 4 is 35.3 Å². The van der Waals surface area contributed by atoms with E-state index < -0.39 is 6.16 Å². The van der Waals surface area contributed by atoms with Crippen LogP contribution in [0.1, 0.15) is 40.1 Å². The summed E-state index contributed by atoms with van der Waals surface area (Å²) in [5.74, 6) is -0.663. The number of carbonyl (C=O) groups excluding carboxylic acids is 4. The Morgan fingerprint density at radius 1 is 0.800 bits per heavy atom. The topological polar surface area (TPSA) is 123 Å². The van der Waals surface area contributed by atoms with Crippen molar-refractivity contribution in [2.75, 3.05) is 17.2 Å². The number of rotatable bonds is 8. The first-order valence-corrected chi connectivity index (χ1v) is 10.9. The quantitative estimate of drug-likeness (QED) is 0.329. The Kier molecular flexibility index (Phi) is 8.55. The predicted molar refractivity (Wildman–Crippen MR) is 130 cm³/mol. The number of amides is 3. The average Bonchev–Trinajstić information content (AvgIpc) is 2.83. The molecule has 0 aromatic heterocycles. The molecule has 3 amide bonds. The molecule has 0 unspecified atom stereocenters. The summed E-state index contributed by atoms with van der Waals surface area (Å²) >= 11 is 0. The van der Waals surface area contributed by atoms with E-state index >= 15 is 0 Å². The van der Waals surface area contributed by atoms with Crippen molar-refractivity contribution < 1.29 is 28.7 Å². The minimum absolute atomic E-state index is 0.173. The third-order valence-electron chi connectivity index (χ3n) is 4.73. The molecule has 0 aliphatic rings. The number of para-hydroxylation sites is 1. The highest BCUT2D eigenvalue weighted by molar-refractivity contribution is 6.04. The fourth-order valence-electron chi connectivity index (χ4n) is 3.13. The molecule has 3 aromatic carbocycles. The first-order chi connectivity index (χ1) is 16.9. The Morgan fingerprint density at radius 2 is 1.54 bits per heavy atom. The zero-order valence-electron chi connectivity index (χ0n) is 19.3. The van der Waals surface area contributed by atoms with Crippen LogP contribution in [-0.4, -0.2) is 30.5 Å². The molecule has 9 nitrogen and oxygen atoms in total. The lowest BCUT2D eigenvalue weighted by Crippen LogP contribution is -2.24. The zero-order chi connectivity index (χ0) is 25.2. The van der Waals surface area contributed by atoms with Gasteiger partial charge in [-0.05, 0) is 61.0 Å². The monoisotopic (exact) mass is 475 g/mol. The highest BCUT2D eigenvalue weighted by Crippen LogP contribution is 2.19. The molecule has 0 atom stereocenters. The summed E-state index contributed by atoms with van der Waals surface area (Å²) in [6, 6.07) is 19.7. The van der Waals surface area contributed by atoms with Gasteiger partial charge in [-0.1, -0.05) is 24.3 Å². The van der Waals surface area contributed by atoms with Gasteiger partial charge in [-0.2, -0.15) is 0 Å². The highest BCUT2D eigenvalue weighted by Gasteiger charge is 2.12. The Morgan fingerprint density at radius 3 is 2.26 bits per heavy atom. The second kappa shape index (κ2) is 12.0. The molecule has 3 aromatic rings. The van der Waals surface area contributed by atoms with Gasteiger partial charge in [0.1, 0.15) is 5.75 Å². The molecule has 3 N–H and O–H groups in total. The average molecular weight is 476 g/mol. The van der Waals surface area contributed by atoms with E-state index in [0.717, 1.165) is 0 Å². The van der Waals surface area contributed by atoms with E-state index in [4.69, 9.17) is 9.47 Å². The van der Waals surface area contributed by atoms with Gasteiger partial charge in [0, 0.05) is 36.0 Å². The van der Waals surface area contributed by atoms with E-state index in [0.29, 0.717) is 28.1 Å². The Bertz CT molecular complexity index is 1220. The molecular formula is C26H25N3O6. The molecule has 0 saturated heterocycles. The fourth-order valence-corrected chi connectivity index (χ4v) is 3.13. The van der Waals surface area contributed by atoms with Crippen LogP contribution in [0.5, 0.6) is 5.75 Å². The van der Waals surface area contributed by atoms with Crippen molar-refractivity contribution in [1.82, 2.24) is 5.32 Å². The van der Waals surface area contributed by atoms with Gasteiger partial charge in [-0.25, -0.2) is 4.79 Å². The van der Waals surface area contributed by atoms with Crippen molar-refractivity contribution in [1.29, 1.82) is 0 Å². The smallest absolute Gasteiger partial charge is 0.434 e. The Hall–Kier alpha value is -4.66. The Labute approximate surface area is 202 Å². The van der Waals surface area contributed by atoms with E-state index in [1.807, 2.05) is 0 Å². The minimum atomic E-state index is -0.817. The first kappa shape index (κ1) is 25.0. The van der Waals surface area contributed by atoms with Crippen LogP contribution < -0.4 is 20.7 Å². The molecule has 0 radical (unpaired) electrons. The minimum Gasteiger partial charge on any atom is -0.434 e. The fraction of sp³-hybridized carbons (Fsp3) is 0.154. The highest BCUT2D eigenvalue weighted by atomic mass is 16.7. The third-order valence-corrected chi connectivity index (χ3v) is 4.73. The summed E-state index contributed by atoms with van der Waals surface area (Å²) in [6.07, 6.45) is -0.817. The summed E-state index contributed by atoms with van der Waals surface area (Å²) in [5, 5.41) is 8.29. The summed E-state index contributed by atoms with van der Waals surface area (Å²) in [4.78, 5) is 48.0. The number of anilines is 2. The molecule has 0 fully saturated rings. The van der Waals surface area contributed by atoms with E-state index in [1.165, 1.54) is 31.2 Å². The van der Waals surface area contributed by atoms with Crippen molar-refractivity contribution in [2.24, 2.45) is 0 Å². The normalized spacial score (nSPS) is 10.1. The number of carbonyl (C=O) groups is 4. The molecule has 0 aliphatic heterocycles. The van der Waals surface area contributed by atoms with Crippen molar-refractivity contribution in [2.45, 2.75) is 20.4 Å². The number of benzene rings is 3. The van der Waals surface area contributed by atoms with Gasteiger partial charge in [0.25, 0.3) is 11.8 Å². The molecule has 0 saturated carbocycles. The van der Waals surface area contributed by atoms with Crippen LogP contribution in [0.2, 0.25) is 0 Å². The van der Waals surface area contributed by atoms with Crippen LogP contribution in [-0.2, 0) is 16.1 Å². The predicted octanol–water partition coefficient (Wildman–Crippen LogP) is 4.36. The van der Waals surface area contributed by atoms with Crippen LogP contribution in [0.15, 0.2) is 72.8 Å². The van der Waals surface area contributed by atoms with Gasteiger partial charge >= 0.3 is 6.16 Å². The summed E-state index contributed by atoms with van der Waals surface area (Å²) in [6.45, 7) is 3.43. The number of nitrogens with one attached hydrogen (secondary N) is 3. The Balaban J connectivity index is 1.63. The van der Waals surface area contributed by atoms with Crippen LogP contribution in [0.3, 0.4) is 0 Å². The van der Waals surface area contributed by atoms with Crippen LogP contribution >= 0.6 is 0 Å². The van der Waals surface area contributed by atoms with Gasteiger partial charge in [0.05, 0.1) is 6.61 Å². The van der Waals surface area contributed by atoms with Gasteiger partial charge in [-0.15, -0.1) is 0 Å². The molecule has 0 spiro atoms. The van der Waals surface area contributed by atoms with Crippen molar-refractivity contribution in [3.8, 4) is 5.75 Å². The van der Waals surface area contributed by atoms with Gasteiger partial charge in [-0.3, -0.25) is 14.4 Å². The zero-order valence-corrected chi connectivity index (χ0v) is 19.3. The van der Waals surface area contributed by atoms with E-state index in [2.05, 4.69) is 16.0 Å². The second-order valence-corrected chi connectivity index (χ2v) is 7.37. The third kappa shape index (κ3) is 7.43. The number of ether oxygens (including phenoxy) is 2. The lowest BCUT2D eigenvalue weighted by Gasteiger charge is -2.13. The second-order valence-electron chi connectivity index (χ2n) is 7.37. The summed E-state index contributed by atoms with van der Waals surface area (Å²) < 4.78 is 9.71. The maximum absolute atomic E-state index is 12.7. The first-order valence-electron chi connectivity index (χ1n) is 10.9. The maximum atomic E-state index is 12.7. The van der Waals surface area contributed by atoms with Crippen LogP contribution in [0.25, 0.3) is 0 Å². The van der Waals surface area contributed by atoms with Gasteiger partial charge in [0.15, 0.2) is 0 Å². The van der Waals surface area contributed by atoms with Crippen LogP contribution in [0.4, 0.5) is 16.2 Å². The summed E-state index contributed by atoms with van der Waals surface area (Å²) in [7, 11) is 0. The van der Waals surface area contributed by atoms with Gasteiger partial charge in [0.2, 0.25) is 5.91 Å². The molecule has 180 valence electrons. The lowest BCUT2D eigenvalue weighted by atomic mass is 10.1. The molecule has 35 heavy (non-hydrogen) atoms. The largest absolute Gasteiger partial charge is 0.513 e. The van der Waals surface area contributed by atoms with E-state index in [1.54, 1.807) is 55.5 Å². The van der Waals surface area contributed by atoms with Crippen molar-refractivity contribution in [3.05, 3.63) is 89.5 Å². The standard InChI is InChI=1S/C26H25N3O6/c1-3-34-26(33)35-22-13-11-18(12-14-22)25(32)29-23-10-5-4-7-20(23)16-27-24(31)19-8-6-9-21(15-19)28-17(2)30/h4-15H,3,16H2,1-2H3,(H,27,31)(H,28,30)(H,29,32). The maximum Gasteiger partial charge on any atom is 0.513 e. The molecule has 0 aliphatic carbocycles. The van der Waals surface area contributed by atoms with E-state index in [-0.39, 0.29) is 36.6 Å². The SMILES string of the molecule is CCOC(=O)Oc1ccc(C(=O)Nc2ccccc2CNC(=O)c2cccc(NC(C)=O)c2)cc1. The molecule has 0 heterocycles. The van der Waals surface area contributed by atoms with Crippen LogP contribution in [0, 0.1) is 0 Å². The van der Waals surface area contributed by atoms with E-state index in [9.17, 15) is 19.2 Å². The molecule has 3 rings (SSSR count).